The number of carbonyl (C=O) groups excluding carboxylic acids is 1. The van der Waals surface area contributed by atoms with Crippen molar-refractivity contribution in [2.45, 2.75) is 6.18 Å². The van der Waals surface area contributed by atoms with Crippen molar-refractivity contribution in [2.24, 2.45) is 7.05 Å². The number of hydrogen-bond donors (Lipinski definition) is 1. The van der Waals surface area contributed by atoms with Crippen molar-refractivity contribution >= 4 is 43.6 Å². The molecule has 0 aliphatic carbocycles. The summed E-state index contributed by atoms with van der Waals surface area (Å²) in [5.41, 5.74) is -1.40. The fourth-order valence-corrected chi connectivity index (χ4v) is 2.53. The maximum Gasteiger partial charge on any atom is 0.436 e. The lowest BCUT2D eigenvalue weighted by atomic mass is 10.3. The molecule has 2 heterocycles. The van der Waals surface area contributed by atoms with Gasteiger partial charge in [0.25, 0.3) is 5.91 Å². The van der Waals surface area contributed by atoms with Gasteiger partial charge in [-0.15, -0.1) is 0 Å². The Hall–Kier alpha value is -1.42. The van der Waals surface area contributed by atoms with Gasteiger partial charge in [-0.05, 0) is 44.0 Å². The van der Waals surface area contributed by atoms with Crippen molar-refractivity contribution in [1.82, 2.24) is 14.8 Å². The van der Waals surface area contributed by atoms with Crippen molar-refractivity contribution < 1.29 is 18.0 Å². The first-order chi connectivity index (χ1) is 9.70. The van der Waals surface area contributed by atoms with Gasteiger partial charge in [-0.1, -0.05) is 0 Å². The Kier molecular flexibility index (Phi) is 4.38. The highest BCUT2D eigenvalue weighted by Gasteiger charge is 2.39. The summed E-state index contributed by atoms with van der Waals surface area (Å²) in [5, 5.41) is 5.72. The van der Waals surface area contributed by atoms with E-state index in [2.05, 4.69) is 47.3 Å². The molecule has 0 aromatic carbocycles. The third-order valence-electron chi connectivity index (χ3n) is 2.44. The molecule has 0 aliphatic heterocycles. The molecule has 0 unspecified atom stereocenters. The average Bonchev–Trinajstić information content (AvgIpc) is 2.67. The van der Waals surface area contributed by atoms with Crippen molar-refractivity contribution in [1.29, 1.82) is 0 Å². The van der Waals surface area contributed by atoms with Crippen LogP contribution in [0.4, 0.5) is 19.0 Å². The molecule has 112 valence electrons. The van der Waals surface area contributed by atoms with Crippen LogP contribution in [0.5, 0.6) is 0 Å². The molecule has 0 aliphatic rings. The minimum Gasteiger partial charge on any atom is -0.305 e. The molecule has 21 heavy (non-hydrogen) atoms. The van der Waals surface area contributed by atoms with Crippen LogP contribution in [-0.2, 0) is 13.2 Å². The smallest absolute Gasteiger partial charge is 0.305 e. The van der Waals surface area contributed by atoms with Gasteiger partial charge in [-0.3, -0.25) is 9.48 Å². The van der Waals surface area contributed by atoms with Gasteiger partial charge in [0.2, 0.25) is 0 Å². The van der Waals surface area contributed by atoms with Crippen LogP contribution >= 0.6 is 31.9 Å². The second-order valence-corrected chi connectivity index (χ2v) is 5.66. The number of alkyl halides is 3. The van der Waals surface area contributed by atoms with Crippen LogP contribution in [0, 0.1) is 0 Å². The van der Waals surface area contributed by atoms with E-state index in [1.54, 1.807) is 6.07 Å². The Morgan fingerprint density at radius 2 is 2.00 bits per heavy atom. The minimum atomic E-state index is -4.65. The molecule has 1 amide bonds. The summed E-state index contributed by atoms with van der Waals surface area (Å²) in [4.78, 5) is 16.0. The molecule has 0 radical (unpaired) electrons. The van der Waals surface area contributed by atoms with Gasteiger partial charge in [-0.25, -0.2) is 4.98 Å². The van der Waals surface area contributed by atoms with E-state index < -0.39 is 22.3 Å². The molecular formula is C11H7Br2F3N4O. The van der Waals surface area contributed by atoms with E-state index in [1.165, 1.54) is 19.3 Å². The number of aromatic nitrogens is 3. The first-order valence-corrected chi connectivity index (χ1v) is 7.01. The van der Waals surface area contributed by atoms with Crippen molar-refractivity contribution in [3.05, 3.63) is 38.7 Å². The van der Waals surface area contributed by atoms with E-state index in [9.17, 15) is 18.0 Å². The Labute approximate surface area is 133 Å². The summed E-state index contributed by atoms with van der Waals surface area (Å²) >= 11 is 5.95. The number of hydrogen-bond acceptors (Lipinski definition) is 3. The molecule has 0 saturated carbocycles. The number of anilines is 1. The predicted octanol–water partition coefficient (Wildman–Crippen LogP) is 3.61. The number of halogens is 5. The van der Waals surface area contributed by atoms with E-state index in [-0.39, 0.29) is 11.5 Å². The molecule has 0 atom stereocenters. The van der Waals surface area contributed by atoms with E-state index in [0.29, 0.717) is 4.47 Å². The number of nitrogens with zero attached hydrogens (tertiary/aromatic N) is 3. The second kappa shape index (κ2) is 5.76. The highest BCUT2D eigenvalue weighted by Crippen LogP contribution is 2.35. The molecule has 1 N–H and O–H groups in total. The summed E-state index contributed by atoms with van der Waals surface area (Å²) < 4.78 is 39.3. The maximum atomic E-state index is 12.7. The summed E-state index contributed by atoms with van der Waals surface area (Å²) in [6.07, 6.45) is -3.19. The number of rotatable bonds is 2. The van der Waals surface area contributed by atoms with Gasteiger partial charge >= 0.3 is 6.18 Å². The molecule has 2 aromatic heterocycles. The number of carbonyl (C=O) groups is 1. The third kappa shape index (κ3) is 3.43. The molecular weight excluding hydrogens is 421 g/mol. The maximum absolute atomic E-state index is 12.7. The summed E-state index contributed by atoms with van der Waals surface area (Å²) in [5.74, 6) is -0.535. The molecule has 2 aromatic rings. The molecule has 0 spiro atoms. The molecule has 5 nitrogen and oxygen atoms in total. The molecule has 0 saturated heterocycles. The fourth-order valence-electron chi connectivity index (χ4n) is 1.55. The molecule has 0 bridgehead atoms. The lowest BCUT2D eigenvalue weighted by Gasteiger charge is -2.05. The van der Waals surface area contributed by atoms with Crippen LogP contribution in [0.25, 0.3) is 0 Å². The Balaban J connectivity index is 2.32. The highest BCUT2D eigenvalue weighted by atomic mass is 79.9. The van der Waals surface area contributed by atoms with E-state index in [4.69, 9.17) is 0 Å². The fraction of sp³-hybridized carbons (Fsp3) is 0.182. The minimum absolute atomic E-state index is 0.213. The van der Waals surface area contributed by atoms with Gasteiger partial charge in [0, 0.05) is 17.7 Å². The monoisotopic (exact) mass is 426 g/mol. The van der Waals surface area contributed by atoms with E-state index in [1.807, 2.05) is 0 Å². The molecule has 10 heteroatoms. The first-order valence-electron chi connectivity index (χ1n) is 5.42. The third-order valence-corrected chi connectivity index (χ3v) is 3.66. The van der Waals surface area contributed by atoms with Crippen LogP contribution in [0.2, 0.25) is 0 Å². The van der Waals surface area contributed by atoms with Gasteiger partial charge in [0.1, 0.15) is 11.5 Å². The Bertz CT molecular complexity index is 682. The molecule has 2 rings (SSSR count). The summed E-state index contributed by atoms with van der Waals surface area (Å²) in [6.45, 7) is 0. The largest absolute Gasteiger partial charge is 0.436 e. The lowest BCUT2D eigenvalue weighted by Crippen LogP contribution is -2.17. The van der Waals surface area contributed by atoms with Crippen LogP contribution in [0.3, 0.4) is 0 Å². The molecule has 0 fully saturated rings. The standard InChI is InChI=1S/C11H7Br2F3N4O/c1-20-8(7(13)9(19-20)11(14,15)16)10(21)18-6-3-2-5(12)4-17-6/h2-4H,1H3,(H,17,18,21). The van der Waals surface area contributed by atoms with Gasteiger partial charge in [-0.2, -0.15) is 18.3 Å². The zero-order valence-corrected chi connectivity index (χ0v) is 13.5. The number of amides is 1. The first kappa shape index (κ1) is 16.0. The Morgan fingerprint density at radius 1 is 1.33 bits per heavy atom. The number of pyridine rings is 1. The van der Waals surface area contributed by atoms with Crippen molar-refractivity contribution in [3.63, 3.8) is 0 Å². The predicted molar refractivity (Wildman–Crippen MR) is 75.8 cm³/mol. The van der Waals surface area contributed by atoms with E-state index >= 15 is 0 Å². The van der Waals surface area contributed by atoms with Crippen molar-refractivity contribution in [2.75, 3.05) is 5.32 Å². The number of nitrogens with one attached hydrogen (secondary N) is 1. The Morgan fingerprint density at radius 3 is 2.48 bits per heavy atom. The zero-order chi connectivity index (χ0) is 15.8. The van der Waals surface area contributed by atoms with Gasteiger partial charge in [0.05, 0.1) is 4.47 Å². The lowest BCUT2D eigenvalue weighted by molar-refractivity contribution is -0.142. The zero-order valence-electron chi connectivity index (χ0n) is 10.4. The SMILES string of the molecule is Cn1nc(C(F)(F)F)c(Br)c1C(=O)Nc1ccc(Br)cn1. The van der Waals surface area contributed by atoms with Gasteiger partial charge < -0.3 is 5.32 Å². The van der Waals surface area contributed by atoms with Crippen molar-refractivity contribution in [3.8, 4) is 0 Å². The highest BCUT2D eigenvalue weighted by molar-refractivity contribution is 9.10. The van der Waals surface area contributed by atoms with Crippen LogP contribution in [-0.4, -0.2) is 20.7 Å². The topological polar surface area (TPSA) is 59.8 Å². The quantitative estimate of drug-likeness (QED) is 0.796. The average molecular weight is 428 g/mol. The normalized spacial score (nSPS) is 11.5. The second-order valence-electron chi connectivity index (χ2n) is 3.95. The summed E-state index contributed by atoms with van der Waals surface area (Å²) in [6, 6.07) is 3.15. The van der Waals surface area contributed by atoms with Gasteiger partial charge in [0.15, 0.2) is 5.69 Å². The van der Waals surface area contributed by atoms with Crippen LogP contribution in [0.1, 0.15) is 16.2 Å². The number of aryl methyl sites for hydroxylation is 1. The van der Waals surface area contributed by atoms with Crippen LogP contribution < -0.4 is 5.32 Å². The summed E-state index contributed by atoms with van der Waals surface area (Å²) in [7, 11) is 1.25. The van der Waals surface area contributed by atoms with E-state index in [0.717, 1.165) is 4.68 Å². The van der Waals surface area contributed by atoms with Crippen LogP contribution in [0.15, 0.2) is 27.3 Å².